The normalized spacial score (nSPS) is 17.4. The minimum atomic E-state index is -0.233. The number of anilines is 1. The fourth-order valence-electron chi connectivity index (χ4n) is 5.10. The van der Waals surface area contributed by atoms with Crippen LogP contribution in [0.15, 0.2) is 48.5 Å². The number of likely N-dealkylation sites (N-methyl/N-ethyl adjacent to an activating group) is 1. The molecule has 166 valence electrons. The molecule has 7 heteroatoms. The molecule has 7 nitrogen and oxygen atoms in total. The monoisotopic (exact) mass is 431 g/mol. The fraction of sp³-hybridized carbons (Fsp3) is 0.360. The molecule has 0 aliphatic carbocycles. The number of carbonyl (C=O) groups excluding carboxylic acids is 2. The molecule has 2 aromatic carbocycles. The summed E-state index contributed by atoms with van der Waals surface area (Å²) in [6, 6.07) is 16.0. The second kappa shape index (κ2) is 7.98. The van der Waals surface area contributed by atoms with Gasteiger partial charge < -0.3 is 24.6 Å². The lowest BCUT2D eigenvalue weighted by Crippen LogP contribution is -2.51. The number of aromatic nitrogens is 1. The summed E-state index contributed by atoms with van der Waals surface area (Å²) in [5, 5.41) is 4.21. The van der Waals surface area contributed by atoms with Crippen molar-refractivity contribution in [1.82, 2.24) is 19.7 Å². The number of hydrogen-bond donors (Lipinski definition) is 1. The van der Waals surface area contributed by atoms with Gasteiger partial charge in [0.25, 0.3) is 5.91 Å². The van der Waals surface area contributed by atoms with Crippen LogP contribution in [0.4, 0.5) is 5.69 Å². The van der Waals surface area contributed by atoms with Gasteiger partial charge in [0.2, 0.25) is 5.91 Å². The van der Waals surface area contributed by atoms with Gasteiger partial charge in [-0.05, 0) is 44.3 Å². The number of nitrogens with one attached hydrogen (secondary N) is 1. The Morgan fingerprint density at radius 3 is 2.69 bits per heavy atom. The van der Waals surface area contributed by atoms with Gasteiger partial charge in [-0.3, -0.25) is 9.59 Å². The van der Waals surface area contributed by atoms with E-state index in [2.05, 4.69) is 26.9 Å². The van der Waals surface area contributed by atoms with Gasteiger partial charge in [-0.2, -0.15) is 0 Å². The molecule has 5 rings (SSSR count). The van der Waals surface area contributed by atoms with E-state index >= 15 is 0 Å². The van der Waals surface area contributed by atoms with E-state index in [1.165, 1.54) is 10.9 Å². The highest BCUT2D eigenvalue weighted by Gasteiger charge is 2.42. The maximum absolute atomic E-state index is 13.4. The third-order valence-electron chi connectivity index (χ3n) is 6.59. The van der Waals surface area contributed by atoms with Crippen molar-refractivity contribution in [2.75, 3.05) is 45.7 Å². The summed E-state index contributed by atoms with van der Waals surface area (Å²) < 4.78 is 2.12. The van der Waals surface area contributed by atoms with Gasteiger partial charge in [-0.15, -0.1) is 0 Å². The van der Waals surface area contributed by atoms with Crippen LogP contribution in [0.25, 0.3) is 10.9 Å². The molecule has 1 atom stereocenters. The third kappa shape index (κ3) is 3.24. The molecule has 0 bridgehead atoms. The molecular weight excluding hydrogens is 402 g/mol. The van der Waals surface area contributed by atoms with Gasteiger partial charge in [-0.25, -0.2) is 0 Å². The van der Waals surface area contributed by atoms with E-state index in [0.29, 0.717) is 13.1 Å². The average molecular weight is 432 g/mol. The predicted molar refractivity (Wildman–Crippen MR) is 126 cm³/mol. The lowest BCUT2D eigenvalue weighted by atomic mass is 9.96. The van der Waals surface area contributed by atoms with Crippen LogP contribution in [0, 0.1) is 0 Å². The zero-order chi connectivity index (χ0) is 22.4. The Kier molecular flexibility index (Phi) is 5.13. The first kappa shape index (κ1) is 20.6. The van der Waals surface area contributed by atoms with Crippen molar-refractivity contribution in [2.24, 2.45) is 0 Å². The molecule has 0 spiro atoms. The number of hydrogen-bond acceptors (Lipinski definition) is 4. The van der Waals surface area contributed by atoms with Crippen molar-refractivity contribution in [1.29, 1.82) is 0 Å². The minimum absolute atomic E-state index is 0.0160. The highest BCUT2D eigenvalue weighted by molar-refractivity contribution is 6.02. The lowest BCUT2D eigenvalue weighted by molar-refractivity contribution is -0.121. The summed E-state index contributed by atoms with van der Waals surface area (Å²) in [7, 11) is 6.02. The van der Waals surface area contributed by atoms with Crippen LogP contribution in [0.5, 0.6) is 0 Å². The van der Waals surface area contributed by atoms with Gasteiger partial charge >= 0.3 is 0 Å². The highest BCUT2D eigenvalue weighted by Crippen LogP contribution is 2.44. The second-order valence-corrected chi connectivity index (χ2v) is 8.87. The number of para-hydroxylation sites is 2. The summed E-state index contributed by atoms with van der Waals surface area (Å²) >= 11 is 0. The molecule has 3 aromatic rings. The Labute approximate surface area is 188 Å². The molecule has 3 heterocycles. The maximum atomic E-state index is 13.4. The van der Waals surface area contributed by atoms with Crippen molar-refractivity contribution in [3.05, 3.63) is 65.4 Å². The standard InChI is InChI=1S/C25H29N5O2/c1-27(2)15-13-26-22(31)16-30-21-11-7-4-8-17(21)18-12-14-29-24(23(18)30)28(3)20-10-6-5-9-19(20)25(29)32/h4-11,24H,12-16H2,1-3H3,(H,26,31). The van der Waals surface area contributed by atoms with Crippen molar-refractivity contribution in [3.8, 4) is 0 Å². The molecule has 2 amide bonds. The van der Waals surface area contributed by atoms with E-state index < -0.39 is 0 Å². The van der Waals surface area contributed by atoms with Gasteiger partial charge in [0.15, 0.2) is 0 Å². The summed E-state index contributed by atoms with van der Waals surface area (Å²) in [5.74, 6) is 0.0410. The quantitative estimate of drug-likeness (QED) is 0.674. The maximum Gasteiger partial charge on any atom is 0.257 e. The molecule has 0 fully saturated rings. The molecule has 32 heavy (non-hydrogen) atoms. The first-order valence-electron chi connectivity index (χ1n) is 11.1. The molecule has 0 saturated carbocycles. The zero-order valence-corrected chi connectivity index (χ0v) is 18.8. The molecule has 1 N–H and O–H groups in total. The number of rotatable bonds is 5. The molecule has 2 aliphatic rings. The van der Waals surface area contributed by atoms with Gasteiger partial charge in [0, 0.05) is 37.6 Å². The van der Waals surface area contributed by atoms with Gasteiger partial charge in [-0.1, -0.05) is 30.3 Å². The molecule has 1 unspecified atom stereocenters. The van der Waals surface area contributed by atoms with Crippen molar-refractivity contribution >= 4 is 28.4 Å². The van der Waals surface area contributed by atoms with Crippen LogP contribution in [0.1, 0.15) is 27.8 Å². The van der Waals surface area contributed by atoms with Crippen molar-refractivity contribution in [2.45, 2.75) is 19.1 Å². The third-order valence-corrected chi connectivity index (χ3v) is 6.59. The Morgan fingerprint density at radius 2 is 1.88 bits per heavy atom. The lowest BCUT2D eigenvalue weighted by Gasteiger charge is -2.46. The van der Waals surface area contributed by atoms with Crippen LogP contribution < -0.4 is 10.2 Å². The topological polar surface area (TPSA) is 60.8 Å². The van der Waals surface area contributed by atoms with Crippen molar-refractivity contribution < 1.29 is 9.59 Å². The van der Waals surface area contributed by atoms with E-state index in [9.17, 15) is 9.59 Å². The number of fused-ring (bicyclic) bond motifs is 6. The fourth-order valence-corrected chi connectivity index (χ4v) is 5.10. The van der Waals surface area contributed by atoms with Crippen LogP contribution in [-0.2, 0) is 17.8 Å². The van der Waals surface area contributed by atoms with Crippen LogP contribution in [0.2, 0.25) is 0 Å². The summed E-state index contributed by atoms with van der Waals surface area (Å²) in [6.07, 6.45) is 0.548. The summed E-state index contributed by atoms with van der Waals surface area (Å²) in [4.78, 5) is 32.4. The van der Waals surface area contributed by atoms with Gasteiger partial charge in [0.1, 0.15) is 12.7 Å². The van der Waals surface area contributed by atoms with Crippen LogP contribution in [0.3, 0.4) is 0 Å². The van der Waals surface area contributed by atoms with E-state index in [4.69, 9.17) is 0 Å². The van der Waals surface area contributed by atoms with E-state index in [1.54, 1.807) is 0 Å². The number of benzene rings is 2. The number of carbonyl (C=O) groups is 2. The summed E-state index contributed by atoms with van der Waals surface area (Å²) in [6.45, 7) is 2.30. The SMILES string of the molecule is CN(C)CCNC(=O)Cn1c2c(c3ccccc31)CCN1C(=O)c3ccccc3N(C)C21. The van der Waals surface area contributed by atoms with E-state index in [1.807, 2.05) is 67.3 Å². The Morgan fingerprint density at radius 1 is 1.12 bits per heavy atom. The smallest absolute Gasteiger partial charge is 0.257 e. The van der Waals surface area contributed by atoms with Crippen LogP contribution >= 0.6 is 0 Å². The summed E-state index contributed by atoms with van der Waals surface area (Å²) in [5.41, 5.74) is 4.99. The molecule has 2 aliphatic heterocycles. The Balaban J connectivity index is 1.59. The number of nitrogens with zero attached hydrogens (tertiary/aromatic N) is 4. The molecular formula is C25H29N5O2. The molecule has 0 saturated heterocycles. The zero-order valence-electron chi connectivity index (χ0n) is 18.8. The average Bonchev–Trinajstić information content (AvgIpc) is 3.10. The minimum Gasteiger partial charge on any atom is -0.353 e. The Bertz CT molecular complexity index is 1200. The van der Waals surface area contributed by atoms with Gasteiger partial charge in [0.05, 0.1) is 16.9 Å². The van der Waals surface area contributed by atoms with E-state index in [-0.39, 0.29) is 24.5 Å². The first-order valence-corrected chi connectivity index (χ1v) is 11.1. The Hall–Kier alpha value is -3.32. The van der Waals surface area contributed by atoms with E-state index in [0.717, 1.165) is 35.4 Å². The second-order valence-electron chi connectivity index (χ2n) is 8.87. The molecule has 1 aromatic heterocycles. The largest absolute Gasteiger partial charge is 0.353 e. The predicted octanol–water partition coefficient (Wildman–Crippen LogP) is 2.47. The van der Waals surface area contributed by atoms with Crippen molar-refractivity contribution in [3.63, 3.8) is 0 Å². The molecule has 0 radical (unpaired) electrons. The number of amides is 2. The highest BCUT2D eigenvalue weighted by atomic mass is 16.2. The van der Waals surface area contributed by atoms with Crippen LogP contribution in [-0.4, -0.2) is 67.0 Å². The first-order chi connectivity index (χ1) is 15.5.